The molecule has 2 fully saturated rings. The number of carbonyl (C=O) groups is 2. The van der Waals surface area contributed by atoms with Crippen LogP contribution in [0.3, 0.4) is 0 Å². The molecule has 5 nitrogen and oxygen atoms in total. The molecular weight excluding hydrogens is 348 g/mol. The van der Waals surface area contributed by atoms with Gasteiger partial charge in [0.2, 0.25) is 0 Å². The molecule has 0 aliphatic carbocycles. The number of nitrogens with zero attached hydrogens (tertiary/aromatic N) is 2. The van der Waals surface area contributed by atoms with Crippen LogP contribution in [0.15, 0.2) is 41.4 Å². The van der Waals surface area contributed by atoms with Gasteiger partial charge in [-0.3, -0.25) is 9.69 Å². The molecule has 2 heterocycles. The van der Waals surface area contributed by atoms with E-state index in [0.717, 1.165) is 31.5 Å². The Labute approximate surface area is 159 Å². The number of ether oxygens (including phenoxy) is 1. The zero-order valence-electron chi connectivity index (χ0n) is 15.4. The molecule has 26 heavy (non-hydrogen) atoms. The number of benzene rings is 1. The van der Waals surface area contributed by atoms with E-state index < -0.39 is 10.8 Å². The highest BCUT2D eigenvalue weighted by Crippen LogP contribution is 2.53. The molecule has 1 aromatic rings. The standard InChI is InChI=1S/C20H26N2O3S/c1-3-22-17(15-18(23)25-4-2)26-20(19(22)24,16-11-7-5-8-12-16)21-13-9-6-10-14-21/h5,7-8,11-12,15H,3-4,6,9-10,13-14H2,1-2H3/b17-15+. The predicted molar refractivity (Wildman–Crippen MR) is 103 cm³/mol. The first-order chi connectivity index (χ1) is 12.6. The van der Waals surface area contributed by atoms with E-state index in [4.69, 9.17) is 4.74 Å². The SMILES string of the molecule is CCOC(=O)/C=C1/SC(c2ccccc2)(N2CCCCC2)C(=O)N1CC. The second kappa shape index (κ2) is 8.27. The highest BCUT2D eigenvalue weighted by molar-refractivity contribution is 8.05. The summed E-state index contributed by atoms with van der Waals surface area (Å²) in [6.45, 7) is 6.34. The minimum absolute atomic E-state index is 0.0358. The van der Waals surface area contributed by atoms with Crippen LogP contribution in [0.2, 0.25) is 0 Å². The number of thioether (sulfide) groups is 1. The van der Waals surface area contributed by atoms with Gasteiger partial charge < -0.3 is 9.64 Å². The number of likely N-dealkylation sites (tertiary alicyclic amines) is 1. The molecule has 0 aromatic heterocycles. The maximum Gasteiger partial charge on any atom is 0.333 e. The molecule has 0 spiro atoms. The van der Waals surface area contributed by atoms with Gasteiger partial charge in [0.05, 0.1) is 17.7 Å². The monoisotopic (exact) mass is 374 g/mol. The fraction of sp³-hybridized carbons (Fsp3) is 0.500. The van der Waals surface area contributed by atoms with Crippen molar-refractivity contribution < 1.29 is 14.3 Å². The highest BCUT2D eigenvalue weighted by Gasteiger charge is 2.55. The summed E-state index contributed by atoms with van der Waals surface area (Å²) in [6, 6.07) is 9.93. The molecule has 1 amide bonds. The Hall–Kier alpha value is -1.79. The van der Waals surface area contributed by atoms with Gasteiger partial charge in [-0.1, -0.05) is 48.5 Å². The lowest BCUT2D eigenvalue weighted by Crippen LogP contribution is -2.52. The molecule has 0 bridgehead atoms. The number of esters is 1. The second-order valence-corrected chi connectivity index (χ2v) is 7.66. The third kappa shape index (κ3) is 3.40. The number of hydrogen-bond donors (Lipinski definition) is 0. The molecule has 3 rings (SSSR count). The third-order valence-corrected chi connectivity index (χ3v) is 6.38. The Morgan fingerprint density at radius 3 is 2.50 bits per heavy atom. The van der Waals surface area contributed by atoms with Crippen molar-refractivity contribution in [3.05, 3.63) is 47.0 Å². The zero-order valence-corrected chi connectivity index (χ0v) is 16.3. The van der Waals surface area contributed by atoms with Crippen LogP contribution in [0.4, 0.5) is 0 Å². The van der Waals surface area contributed by atoms with Crippen molar-refractivity contribution in [2.75, 3.05) is 26.2 Å². The Balaban J connectivity index is 2.06. The first-order valence-corrected chi connectivity index (χ1v) is 10.1. The maximum absolute atomic E-state index is 13.6. The first kappa shape index (κ1) is 19.0. The van der Waals surface area contributed by atoms with Crippen molar-refractivity contribution in [2.45, 2.75) is 38.0 Å². The van der Waals surface area contributed by atoms with E-state index >= 15 is 0 Å². The van der Waals surface area contributed by atoms with Gasteiger partial charge in [-0.2, -0.15) is 0 Å². The fourth-order valence-electron chi connectivity index (χ4n) is 3.66. The Morgan fingerprint density at radius 2 is 1.88 bits per heavy atom. The van der Waals surface area contributed by atoms with E-state index in [-0.39, 0.29) is 5.91 Å². The number of piperidine rings is 1. The molecule has 2 aliphatic heterocycles. The van der Waals surface area contributed by atoms with Crippen molar-refractivity contribution in [2.24, 2.45) is 0 Å². The number of amides is 1. The number of rotatable bonds is 5. The van der Waals surface area contributed by atoms with Gasteiger partial charge in [-0.05, 0) is 32.3 Å². The summed E-state index contributed by atoms with van der Waals surface area (Å²) < 4.78 is 5.07. The summed E-state index contributed by atoms with van der Waals surface area (Å²) in [5, 5.41) is 0.672. The van der Waals surface area contributed by atoms with Gasteiger partial charge in [-0.25, -0.2) is 4.79 Å². The maximum atomic E-state index is 13.6. The molecule has 6 heteroatoms. The summed E-state index contributed by atoms with van der Waals surface area (Å²) in [7, 11) is 0. The molecule has 0 N–H and O–H groups in total. The lowest BCUT2D eigenvalue weighted by molar-refractivity contribution is -0.137. The highest BCUT2D eigenvalue weighted by atomic mass is 32.2. The molecule has 1 aromatic carbocycles. The van der Waals surface area contributed by atoms with Crippen molar-refractivity contribution in [3.63, 3.8) is 0 Å². The normalized spacial score (nSPS) is 25.7. The fourth-order valence-corrected chi connectivity index (χ4v) is 5.21. The minimum Gasteiger partial charge on any atom is -0.463 e. The van der Waals surface area contributed by atoms with Gasteiger partial charge in [0, 0.05) is 19.6 Å². The zero-order chi connectivity index (χ0) is 18.6. The molecule has 2 aliphatic rings. The van der Waals surface area contributed by atoms with E-state index in [9.17, 15) is 9.59 Å². The van der Waals surface area contributed by atoms with Crippen LogP contribution in [0, 0.1) is 0 Å². The molecule has 140 valence electrons. The minimum atomic E-state index is -0.796. The van der Waals surface area contributed by atoms with Gasteiger partial charge in [0.1, 0.15) is 0 Å². The lowest BCUT2D eigenvalue weighted by Gasteiger charge is -2.40. The molecule has 1 atom stereocenters. The van der Waals surface area contributed by atoms with Crippen molar-refractivity contribution in [1.29, 1.82) is 0 Å². The molecule has 2 saturated heterocycles. The summed E-state index contributed by atoms with van der Waals surface area (Å²) in [5.74, 6) is -0.364. The molecular formula is C20H26N2O3S. The third-order valence-electron chi connectivity index (χ3n) is 4.86. The largest absolute Gasteiger partial charge is 0.463 e. The van der Waals surface area contributed by atoms with E-state index in [1.165, 1.54) is 24.3 Å². The average Bonchev–Trinajstić information content (AvgIpc) is 2.95. The summed E-state index contributed by atoms with van der Waals surface area (Å²) >= 11 is 1.48. The second-order valence-electron chi connectivity index (χ2n) is 6.44. The van der Waals surface area contributed by atoms with E-state index in [0.29, 0.717) is 18.2 Å². The lowest BCUT2D eigenvalue weighted by atomic mass is 9.99. The van der Waals surface area contributed by atoms with Crippen LogP contribution in [0.1, 0.15) is 38.7 Å². The van der Waals surface area contributed by atoms with Gasteiger partial charge in [-0.15, -0.1) is 0 Å². The first-order valence-electron chi connectivity index (χ1n) is 9.33. The van der Waals surface area contributed by atoms with Crippen LogP contribution in [-0.4, -0.2) is 47.9 Å². The van der Waals surface area contributed by atoms with E-state index in [1.807, 2.05) is 37.3 Å². The van der Waals surface area contributed by atoms with Crippen LogP contribution in [0.25, 0.3) is 0 Å². The van der Waals surface area contributed by atoms with E-state index in [2.05, 4.69) is 4.90 Å². The number of hydrogen-bond acceptors (Lipinski definition) is 5. The van der Waals surface area contributed by atoms with Crippen LogP contribution < -0.4 is 0 Å². The molecule has 0 radical (unpaired) electrons. The predicted octanol–water partition coefficient (Wildman–Crippen LogP) is 3.33. The Morgan fingerprint density at radius 1 is 1.19 bits per heavy atom. The molecule has 1 unspecified atom stereocenters. The van der Waals surface area contributed by atoms with Crippen molar-refractivity contribution in [1.82, 2.24) is 9.80 Å². The quantitative estimate of drug-likeness (QED) is 0.584. The summed E-state index contributed by atoms with van der Waals surface area (Å²) in [5.41, 5.74) is 0.975. The summed E-state index contributed by atoms with van der Waals surface area (Å²) in [4.78, 5) is 28.8. The van der Waals surface area contributed by atoms with Crippen molar-refractivity contribution >= 4 is 23.6 Å². The number of likely N-dealkylation sites (N-methyl/N-ethyl adjacent to an activating group) is 1. The Bertz CT molecular complexity index is 686. The molecule has 0 saturated carbocycles. The van der Waals surface area contributed by atoms with Gasteiger partial charge >= 0.3 is 5.97 Å². The van der Waals surface area contributed by atoms with Gasteiger partial charge in [0.15, 0.2) is 4.87 Å². The number of carbonyl (C=O) groups excluding carboxylic acids is 2. The van der Waals surface area contributed by atoms with E-state index in [1.54, 1.807) is 11.8 Å². The topological polar surface area (TPSA) is 49.9 Å². The van der Waals surface area contributed by atoms with Crippen LogP contribution >= 0.6 is 11.8 Å². The van der Waals surface area contributed by atoms with Gasteiger partial charge in [0.25, 0.3) is 5.91 Å². The summed E-state index contributed by atoms with van der Waals surface area (Å²) in [6.07, 6.45) is 4.84. The van der Waals surface area contributed by atoms with Crippen molar-refractivity contribution in [3.8, 4) is 0 Å². The van der Waals surface area contributed by atoms with Crippen LogP contribution in [0.5, 0.6) is 0 Å². The average molecular weight is 375 g/mol. The smallest absolute Gasteiger partial charge is 0.333 e. The Kier molecular flexibility index (Phi) is 6.04. The van der Waals surface area contributed by atoms with Crippen LogP contribution in [-0.2, 0) is 19.2 Å².